The van der Waals surface area contributed by atoms with E-state index in [1.54, 1.807) is 48.7 Å². The molecule has 5 nitrogen and oxygen atoms in total. The van der Waals surface area contributed by atoms with Crippen LogP contribution in [0.4, 0.5) is 0 Å². The smallest absolute Gasteiger partial charge is 0.260 e. The summed E-state index contributed by atoms with van der Waals surface area (Å²) in [5.41, 5.74) is 1.49. The number of nitriles is 1. The van der Waals surface area contributed by atoms with Crippen LogP contribution in [0.25, 0.3) is 0 Å². The average molecular weight is 270 g/mol. The lowest BCUT2D eigenvalue weighted by Crippen LogP contribution is -2.30. The summed E-state index contributed by atoms with van der Waals surface area (Å²) < 4.78 is 10.3. The van der Waals surface area contributed by atoms with Crippen molar-refractivity contribution in [3.63, 3.8) is 0 Å². The maximum atomic E-state index is 11.9. The number of hydrogen-bond donors (Lipinski definition) is 0. The summed E-state index contributed by atoms with van der Waals surface area (Å²) >= 11 is 0. The zero-order valence-corrected chi connectivity index (χ0v) is 11.1. The number of hydrogen-bond acceptors (Lipinski definition) is 4. The molecule has 20 heavy (non-hydrogen) atoms. The van der Waals surface area contributed by atoms with E-state index in [2.05, 4.69) is 0 Å². The number of carbonyl (C=O) groups is 1. The summed E-state index contributed by atoms with van der Waals surface area (Å²) in [7, 11) is 1.71. The van der Waals surface area contributed by atoms with E-state index < -0.39 is 0 Å². The second-order valence-electron chi connectivity index (χ2n) is 4.31. The number of ether oxygens (including phenoxy) is 1. The molecule has 1 amide bonds. The zero-order valence-electron chi connectivity index (χ0n) is 11.1. The summed E-state index contributed by atoms with van der Waals surface area (Å²) in [6.45, 7) is 0.437. The number of carbonyl (C=O) groups excluding carboxylic acids is 1. The molecule has 2 aromatic rings. The van der Waals surface area contributed by atoms with Gasteiger partial charge in [-0.15, -0.1) is 0 Å². The van der Waals surface area contributed by atoms with Gasteiger partial charge in [-0.2, -0.15) is 5.26 Å². The third-order valence-corrected chi connectivity index (χ3v) is 2.77. The molecule has 102 valence electrons. The van der Waals surface area contributed by atoms with Crippen molar-refractivity contribution in [1.82, 2.24) is 4.90 Å². The Bertz CT molecular complexity index is 597. The number of amides is 1. The van der Waals surface area contributed by atoms with Crippen LogP contribution in [0, 0.1) is 11.3 Å². The van der Waals surface area contributed by atoms with Crippen LogP contribution in [-0.4, -0.2) is 24.5 Å². The topological polar surface area (TPSA) is 66.5 Å². The molecular weight excluding hydrogens is 256 g/mol. The van der Waals surface area contributed by atoms with E-state index >= 15 is 0 Å². The number of nitrogens with zero attached hydrogens (tertiary/aromatic N) is 2. The summed E-state index contributed by atoms with van der Waals surface area (Å²) in [4.78, 5) is 13.4. The predicted octanol–water partition coefficient (Wildman–Crippen LogP) is 2.19. The van der Waals surface area contributed by atoms with E-state index in [1.807, 2.05) is 12.1 Å². The Kier molecular flexibility index (Phi) is 4.40. The van der Waals surface area contributed by atoms with Crippen LogP contribution in [-0.2, 0) is 11.3 Å². The van der Waals surface area contributed by atoms with Crippen molar-refractivity contribution in [3.8, 4) is 11.8 Å². The van der Waals surface area contributed by atoms with Gasteiger partial charge in [-0.25, -0.2) is 0 Å². The Labute approximate surface area is 117 Å². The van der Waals surface area contributed by atoms with Crippen molar-refractivity contribution in [2.75, 3.05) is 13.7 Å². The van der Waals surface area contributed by atoms with Gasteiger partial charge in [-0.05, 0) is 30.3 Å². The van der Waals surface area contributed by atoms with Gasteiger partial charge < -0.3 is 14.1 Å². The lowest BCUT2D eigenvalue weighted by atomic mass is 10.2. The van der Waals surface area contributed by atoms with E-state index in [0.29, 0.717) is 17.9 Å². The van der Waals surface area contributed by atoms with Gasteiger partial charge in [0.2, 0.25) is 0 Å². The monoisotopic (exact) mass is 270 g/mol. The fourth-order valence-corrected chi connectivity index (χ4v) is 1.63. The molecule has 0 saturated heterocycles. The van der Waals surface area contributed by atoms with Gasteiger partial charge in [0.1, 0.15) is 5.75 Å². The molecule has 0 atom stereocenters. The van der Waals surface area contributed by atoms with Crippen molar-refractivity contribution in [2.45, 2.75) is 6.54 Å². The maximum absolute atomic E-state index is 11.9. The number of rotatable bonds is 5. The highest BCUT2D eigenvalue weighted by Crippen LogP contribution is 2.12. The van der Waals surface area contributed by atoms with E-state index in [1.165, 1.54) is 0 Å². The molecule has 1 aromatic heterocycles. The van der Waals surface area contributed by atoms with E-state index in [-0.39, 0.29) is 12.5 Å². The number of benzene rings is 1. The van der Waals surface area contributed by atoms with Crippen molar-refractivity contribution < 1.29 is 13.9 Å². The highest BCUT2D eigenvalue weighted by Gasteiger charge is 2.10. The van der Waals surface area contributed by atoms with E-state index in [4.69, 9.17) is 14.4 Å². The van der Waals surface area contributed by atoms with Crippen LogP contribution in [0.1, 0.15) is 11.1 Å². The molecule has 5 heteroatoms. The first-order valence-corrected chi connectivity index (χ1v) is 6.07. The molecule has 0 N–H and O–H groups in total. The fourth-order valence-electron chi connectivity index (χ4n) is 1.63. The Morgan fingerprint density at radius 3 is 2.70 bits per heavy atom. The minimum absolute atomic E-state index is 0.0414. The Morgan fingerprint density at radius 1 is 1.35 bits per heavy atom. The van der Waals surface area contributed by atoms with Gasteiger partial charge in [0.25, 0.3) is 5.91 Å². The molecule has 0 fully saturated rings. The Balaban J connectivity index is 1.83. The molecular formula is C15H14N2O3. The molecule has 1 heterocycles. The second-order valence-corrected chi connectivity index (χ2v) is 4.31. The third kappa shape index (κ3) is 3.62. The molecule has 0 radical (unpaired) electrons. The van der Waals surface area contributed by atoms with Crippen molar-refractivity contribution >= 4 is 5.91 Å². The fraction of sp³-hybridized carbons (Fsp3) is 0.200. The largest absolute Gasteiger partial charge is 0.484 e. The van der Waals surface area contributed by atoms with Crippen molar-refractivity contribution in [3.05, 3.63) is 54.0 Å². The van der Waals surface area contributed by atoms with Crippen molar-refractivity contribution in [2.24, 2.45) is 0 Å². The highest BCUT2D eigenvalue weighted by atomic mass is 16.5. The van der Waals surface area contributed by atoms with Crippen molar-refractivity contribution in [1.29, 1.82) is 5.26 Å². The summed E-state index contributed by atoms with van der Waals surface area (Å²) in [5, 5.41) is 8.68. The average Bonchev–Trinajstić information content (AvgIpc) is 2.98. The number of likely N-dealkylation sites (N-methyl/N-ethyl adjacent to an activating group) is 1. The van der Waals surface area contributed by atoms with Gasteiger partial charge in [0, 0.05) is 19.2 Å². The second kappa shape index (κ2) is 6.43. The summed E-state index contributed by atoms with van der Waals surface area (Å²) in [5.74, 6) is 0.435. The highest BCUT2D eigenvalue weighted by molar-refractivity contribution is 5.77. The molecule has 0 aliphatic carbocycles. The van der Waals surface area contributed by atoms with Crippen LogP contribution < -0.4 is 4.74 Å². The summed E-state index contributed by atoms with van der Waals surface area (Å²) in [6, 6.07) is 10.5. The standard InChI is InChI=1S/C15H14N2O3/c1-17(9-13-6-7-19-10-13)15(18)11-20-14-4-2-12(8-16)3-5-14/h2-7,10H,9,11H2,1H3. The van der Waals surface area contributed by atoms with Gasteiger partial charge in [-0.1, -0.05) is 0 Å². The minimum Gasteiger partial charge on any atom is -0.484 e. The van der Waals surface area contributed by atoms with Gasteiger partial charge in [0.05, 0.1) is 24.2 Å². The zero-order chi connectivity index (χ0) is 14.4. The molecule has 0 aliphatic heterocycles. The van der Waals surface area contributed by atoms with E-state index in [0.717, 1.165) is 5.56 Å². The van der Waals surface area contributed by atoms with Crippen LogP contribution in [0.2, 0.25) is 0 Å². The molecule has 0 spiro atoms. The molecule has 0 unspecified atom stereocenters. The molecule has 0 saturated carbocycles. The van der Waals surface area contributed by atoms with Gasteiger partial charge in [0.15, 0.2) is 6.61 Å². The third-order valence-electron chi connectivity index (χ3n) is 2.77. The first-order chi connectivity index (χ1) is 9.69. The predicted molar refractivity (Wildman–Crippen MR) is 71.8 cm³/mol. The first-order valence-electron chi connectivity index (χ1n) is 6.07. The van der Waals surface area contributed by atoms with Crippen LogP contribution >= 0.6 is 0 Å². The number of furan rings is 1. The van der Waals surface area contributed by atoms with Gasteiger partial charge >= 0.3 is 0 Å². The Hall–Kier alpha value is -2.74. The van der Waals surface area contributed by atoms with Crippen LogP contribution in [0.15, 0.2) is 47.3 Å². The quantitative estimate of drug-likeness (QED) is 0.835. The minimum atomic E-state index is -0.129. The lowest BCUT2D eigenvalue weighted by Gasteiger charge is -2.16. The lowest BCUT2D eigenvalue weighted by molar-refractivity contribution is -0.132. The molecule has 2 rings (SSSR count). The molecule has 0 aliphatic rings. The Morgan fingerprint density at radius 2 is 2.10 bits per heavy atom. The molecule has 0 bridgehead atoms. The molecule has 1 aromatic carbocycles. The first kappa shape index (κ1) is 13.7. The van der Waals surface area contributed by atoms with Gasteiger partial charge in [-0.3, -0.25) is 4.79 Å². The maximum Gasteiger partial charge on any atom is 0.260 e. The van der Waals surface area contributed by atoms with Crippen LogP contribution in [0.3, 0.4) is 0 Å². The van der Waals surface area contributed by atoms with Crippen LogP contribution in [0.5, 0.6) is 5.75 Å². The summed E-state index contributed by atoms with van der Waals surface area (Å²) in [6.07, 6.45) is 3.17. The van der Waals surface area contributed by atoms with E-state index in [9.17, 15) is 4.79 Å². The normalized spacial score (nSPS) is 9.80. The SMILES string of the molecule is CN(Cc1ccoc1)C(=O)COc1ccc(C#N)cc1.